The Morgan fingerprint density at radius 3 is 2.73 bits per heavy atom. The van der Waals surface area contributed by atoms with Crippen molar-refractivity contribution in [2.24, 2.45) is 0 Å². The summed E-state index contributed by atoms with van der Waals surface area (Å²) in [6.45, 7) is 0.538. The molecule has 2 N–H and O–H groups in total. The summed E-state index contributed by atoms with van der Waals surface area (Å²) in [6.07, 6.45) is 2.19. The zero-order valence-corrected chi connectivity index (χ0v) is 14.6. The highest BCUT2D eigenvalue weighted by molar-refractivity contribution is 6.30. The summed E-state index contributed by atoms with van der Waals surface area (Å²) in [4.78, 5) is 23.8. The maximum Gasteiger partial charge on any atom is 0.327 e. The Balaban J connectivity index is 1.66. The van der Waals surface area contributed by atoms with Gasteiger partial charge in [-0.3, -0.25) is 4.57 Å². The van der Waals surface area contributed by atoms with Crippen molar-refractivity contribution in [3.05, 3.63) is 82.0 Å². The SMILES string of the molecule is O=c1[nH]c2c(Nc3cccc(Cl)c3)ncnc2n1CCc1ccccc1. The van der Waals surface area contributed by atoms with Gasteiger partial charge in [0.05, 0.1) is 0 Å². The van der Waals surface area contributed by atoms with Gasteiger partial charge < -0.3 is 10.3 Å². The lowest BCUT2D eigenvalue weighted by Crippen LogP contribution is -2.18. The van der Waals surface area contributed by atoms with Gasteiger partial charge in [-0.2, -0.15) is 0 Å². The van der Waals surface area contributed by atoms with Crippen molar-refractivity contribution in [1.82, 2.24) is 19.5 Å². The molecule has 0 aliphatic heterocycles. The molecule has 0 amide bonds. The molecular formula is C19H16ClN5O. The second-order valence-electron chi connectivity index (χ2n) is 5.87. The Bertz CT molecular complexity index is 1100. The lowest BCUT2D eigenvalue weighted by molar-refractivity contribution is 0.685. The third kappa shape index (κ3) is 3.32. The van der Waals surface area contributed by atoms with Crippen LogP contribution in [0.25, 0.3) is 11.2 Å². The first-order valence-electron chi connectivity index (χ1n) is 8.21. The van der Waals surface area contributed by atoms with Gasteiger partial charge in [-0.05, 0) is 30.2 Å². The van der Waals surface area contributed by atoms with Gasteiger partial charge in [0.1, 0.15) is 11.8 Å². The molecule has 4 aromatic rings. The van der Waals surface area contributed by atoms with Gasteiger partial charge in [0.2, 0.25) is 0 Å². The number of halogens is 1. The van der Waals surface area contributed by atoms with Crippen LogP contribution in [0.5, 0.6) is 0 Å². The van der Waals surface area contributed by atoms with Crippen molar-refractivity contribution in [3.8, 4) is 0 Å². The van der Waals surface area contributed by atoms with Crippen LogP contribution < -0.4 is 11.0 Å². The largest absolute Gasteiger partial charge is 0.338 e. The first-order chi connectivity index (χ1) is 12.7. The normalized spacial score (nSPS) is 11.0. The lowest BCUT2D eigenvalue weighted by atomic mass is 10.1. The van der Waals surface area contributed by atoms with Crippen LogP contribution >= 0.6 is 11.6 Å². The molecule has 6 nitrogen and oxygen atoms in total. The number of benzene rings is 2. The molecule has 0 bridgehead atoms. The molecular weight excluding hydrogens is 350 g/mol. The predicted octanol–water partition coefficient (Wildman–Crippen LogP) is 3.76. The highest BCUT2D eigenvalue weighted by Gasteiger charge is 2.13. The van der Waals surface area contributed by atoms with E-state index in [1.54, 1.807) is 16.7 Å². The zero-order valence-electron chi connectivity index (χ0n) is 13.8. The quantitative estimate of drug-likeness (QED) is 0.564. The van der Waals surface area contributed by atoms with Crippen LogP contribution in [0.15, 0.2) is 65.7 Å². The van der Waals surface area contributed by atoms with E-state index in [0.29, 0.717) is 28.5 Å². The molecule has 7 heteroatoms. The number of nitrogens with zero attached hydrogens (tertiary/aromatic N) is 3. The number of nitrogens with one attached hydrogen (secondary N) is 2. The molecule has 2 aromatic heterocycles. The van der Waals surface area contributed by atoms with Gasteiger partial charge in [0.25, 0.3) is 0 Å². The van der Waals surface area contributed by atoms with Crippen LogP contribution in [-0.4, -0.2) is 19.5 Å². The van der Waals surface area contributed by atoms with Crippen LogP contribution in [0.1, 0.15) is 5.56 Å². The van der Waals surface area contributed by atoms with E-state index in [2.05, 4.69) is 20.3 Å². The molecule has 130 valence electrons. The smallest absolute Gasteiger partial charge is 0.327 e. The highest BCUT2D eigenvalue weighted by atomic mass is 35.5. The maximum atomic E-state index is 12.4. The van der Waals surface area contributed by atoms with E-state index in [4.69, 9.17) is 11.6 Å². The second kappa shape index (κ2) is 7.01. The summed E-state index contributed by atoms with van der Waals surface area (Å²) in [5.41, 5.74) is 2.90. The molecule has 0 unspecified atom stereocenters. The number of fused-ring (bicyclic) bond motifs is 1. The summed E-state index contributed by atoms with van der Waals surface area (Å²) in [7, 11) is 0. The monoisotopic (exact) mass is 365 g/mol. The number of aryl methyl sites for hydroxylation is 2. The van der Waals surface area contributed by atoms with Crippen molar-refractivity contribution in [2.45, 2.75) is 13.0 Å². The Labute approximate surface area is 154 Å². The summed E-state index contributed by atoms with van der Waals surface area (Å²) in [6, 6.07) is 17.3. The zero-order chi connectivity index (χ0) is 17.9. The van der Waals surface area contributed by atoms with E-state index in [-0.39, 0.29) is 5.69 Å². The molecule has 26 heavy (non-hydrogen) atoms. The van der Waals surface area contributed by atoms with Gasteiger partial charge in [-0.25, -0.2) is 14.8 Å². The molecule has 0 aliphatic rings. The number of anilines is 2. The fourth-order valence-electron chi connectivity index (χ4n) is 2.86. The van der Waals surface area contributed by atoms with E-state index in [9.17, 15) is 4.79 Å². The van der Waals surface area contributed by atoms with Crippen LogP contribution in [0.2, 0.25) is 5.02 Å². The number of H-pyrrole nitrogens is 1. The van der Waals surface area contributed by atoms with Gasteiger partial charge in [0.15, 0.2) is 11.5 Å². The topological polar surface area (TPSA) is 75.6 Å². The standard InChI is InChI=1S/C19H16ClN5O/c20-14-7-4-8-15(11-14)23-17-16-18(22-12-21-17)25(19(26)24-16)10-9-13-5-2-1-3-6-13/h1-8,11-12H,9-10H2,(H,24,26)(H,21,22,23). The summed E-state index contributed by atoms with van der Waals surface area (Å²) in [5, 5.41) is 3.80. The molecule has 0 saturated carbocycles. The van der Waals surface area contributed by atoms with E-state index >= 15 is 0 Å². The minimum absolute atomic E-state index is 0.203. The minimum atomic E-state index is -0.203. The summed E-state index contributed by atoms with van der Waals surface area (Å²) in [5.74, 6) is 0.535. The van der Waals surface area contributed by atoms with Crippen molar-refractivity contribution >= 4 is 34.3 Å². The third-order valence-electron chi connectivity index (χ3n) is 4.11. The average molecular weight is 366 g/mol. The van der Waals surface area contributed by atoms with Gasteiger partial charge in [0, 0.05) is 17.3 Å². The second-order valence-corrected chi connectivity index (χ2v) is 6.31. The Morgan fingerprint density at radius 1 is 1.08 bits per heavy atom. The van der Waals surface area contributed by atoms with E-state index in [1.165, 1.54) is 11.9 Å². The first-order valence-corrected chi connectivity index (χ1v) is 8.58. The lowest BCUT2D eigenvalue weighted by Gasteiger charge is -2.07. The number of aromatic nitrogens is 4. The first kappa shape index (κ1) is 16.4. The molecule has 0 atom stereocenters. The van der Waals surface area contributed by atoms with Crippen LogP contribution in [-0.2, 0) is 13.0 Å². The molecule has 0 fully saturated rings. The van der Waals surface area contributed by atoms with E-state index in [0.717, 1.165) is 12.1 Å². The Hall–Kier alpha value is -3.12. The van der Waals surface area contributed by atoms with Gasteiger partial charge >= 0.3 is 5.69 Å². The molecule has 0 radical (unpaired) electrons. The summed E-state index contributed by atoms with van der Waals surface area (Å²) < 4.78 is 1.63. The Kier molecular flexibility index (Phi) is 4.41. The van der Waals surface area contributed by atoms with Crippen molar-refractivity contribution in [1.29, 1.82) is 0 Å². The molecule has 0 saturated heterocycles. The van der Waals surface area contributed by atoms with Crippen molar-refractivity contribution in [2.75, 3.05) is 5.32 Å². The molecule has 2 aromatic carbocycles. The van der Waals surface area contributed by atoms with Gasteiger partial charge in [-0.15, -0.1) is 0 Å². The molecule has 4 rings (SSSR count). The summed E-state index contributed by atoms with van der Waals surface area (Å²) >= 11 is 6.02. The highest BCUT2D eigenvalue weighted by Crippen LogP contribution is 2.22. The van der Waals surface area contributed by atoms with Crippen molar-refractivity contribution < 1.29 is 0 Å². The fourth-order valence-corrected chi connectivity index (χ4v) is 3.05. The number of imidazole rings is 1. The maximum absolute atomic E-state index is 12.4. The number of hydrogen-bond donors (Lipinski definition) is 2. The van der Waals surface area contributed by atoms with Gasteiger partial charge in [-0.1, -0.05) is 48.0 Å². The average Bonchev–Trinajstić information content (AvgIpc) is 2.97. The number of aromatic amines is 1. The van der Waals surface area contributed by atoms with Crippen LogP contribution in [0.3, 0.4) is 0 Å². The van der Waals surface area contributed by atoms with Crippen molar-refractivity contribution in [3.63, 3.8) is 0 Å². The predicted molar refractivity (Wildman–Crippen MR) is 103 cm³/mol. The minimum Gasteiger partial charge on any atom is -0.338 e. The Morgan fingerprint density at radius 2 is 1.92 bits per heavy atom. The third-order valence-corrected chi connectivity index (χ3v) is 4.35. The molecule has 0 aliphatic carbocycles. The molecule has 0 spiro atoms. The fraction of sp³-hybridized carbons (Fsp3) is 0.105. The van der Waals surface area contributed by atoms with Crippen LogP contribution in [0, 0.1) is 0 Å². The van der Waals surface area contributed by atoms with E-state index in [1.807, 2.05) is 42.5 Å². The number of rotatable bonds is 5. The molecule has 2 heterocycles. The van der Waals surface area contributed by atoms with E-state index < -0.39 is 0 Å². The van der Waals surface area contributed by atoms with Crippen LogP contribution in [0.4, 0.5) is 11.5 Å². The number of hydrogen-bond acceptors (Lipinski definition) is 4.